The third-order valence-corrected chi connectivity index (χ3v) is 6.18. The van der Waals surface area contributed by atoms with Gasteiger partial charge < -0.3 is 4.90 Å². The molecule has 0 spiro atoms. The third-order valence-electron chi connectivity index (χ3n) is 3.91. The summed E-state index contributed by atoms with van der Waals surface area (Å²) >= 11 is 0. The number of amides is 1. The fraction of sp³-hybridized carbons (Fsp3) is 0.929. The number of carbonyl (C=O) groups excluding carboxylic acids is 1. The lowest BCUT2D eigenvalue weighted by Crippen LogP contribution is -2.40. The SMILES string of the molecule is CCCCN(CC(F)(F)F)C(=O)CCS(=O)(=O)C1CCCC1. The van der Waals surface area contributed by atoms with Crippen molar-refractivity contribution in [3.63, 3.8) is 0 Å². The van der Waals surface area contributed by atoms with Crippen molar-refractivity contribution in [2.24, 2.45) is 0 Å². The van der Waals surface area contributed by atoms with Gasteiger partial charge in [-0.05, 0) is 19.3 Å². The van der Waals surface area contributed by atoms with Crippen LogP contribution >= 0.6 is 0 Å². The minimum absolute atomic E-state index is 0.0122. The molecule has 1 fully saturated rings. The predicted molar refractivity (Wildman–Crippen MR) is 78.2 cm³/mol. The van der Waals surface area contributed by atoms with Crippen molar-refractivity contribution in [1.29, 1.82) is 0 Å². The van der Waals surface area contributed by atoms with E-state index in [1.165, 1.54) is 0 Å². The number of hydrogen-bond acceptors (Lipinski definition) is 3. The molecule has 0 unspecified atom stereocenters. The summed E-state index contributed by atoms with van der Waals surface area (Å²) in [6.45, 7) is 0.522. The van der Waals surface area contributed by atoms with Gasteiger partial charge >= 0.3 is 6.18 Å². The maximum absolute atomic E-state index is 12.5. The molecule has 4 nitrogen and oxygen atoms in total. The summed E-state index contributed by atoms with van der Waals surface area (Å²) in [4.78, 5) is 12.7. The molecule has 0 bridgehead atoms. The summed E-state index contributed by atoms with van der Waals surface area (Å²) in [5.74, 6) is -1.08. The van der Waals surface area contributed by atoms with Crippen molar-refractivity contribution >= 4 is 15.7 Å². The molecule has 1 aliphatic carbocycles. The summed E-state index contributed by atoms with van der Waals surface area (Å²) in [7, 11) is -3.38. The number of rotatable bonds is 8. The van der Waals surface area contributed by atoms with Crippen LogP contribution < -0.4 is 0 Å². The van der Waals surface area contributed by atoms with Crippen molar-refractivity contribution in [1.82, 2.24) is 4.90 Å². The van der Waals surface area contributed by atoms with Crippen LogP contribution in [0.2, 0.25) is 0 Å². The van der Waals surface area contributed by atoms with Gasteiger partial charge in [-0.3, -0.25) is 4.79 Å². The van der Waals surface area contributed by atoms with E-state index in [2.05, 4.69) is 0 Å². The van der Waals surface area contributed by atoms with Crippen LogP contribution in [0.15, 0.2) is 0 Å². The standard InChI is InChI=1S/C14H24F3NO3S/c1-2-3-9-18(11-14(15,16)17)13(19)8-10-22(20,21)12-6-4-5-7-12/h12H,2-11H2,1H3. The molecule has 0 heterocycles. The van der Waals surface area contributed by atoms with Gasteiger partial charge in [-0.1, -0.05) is 26.2 Å². The first-order valence-corrected chi connectivity index (χ1v) is 9.43. The van der Waals surface area contributed by atoms with Crippen molar-refractivity contribution in [3.8, 4) is 0 Å². The molecule has 1 saturated carbocycles. The number of alkyl halides is 3. The first-order chi connectivity index (χ1) is 10.2. The van der Waals surface area contributed by atoms with Gasteiger partial charge in [0.25, 0.3) is 0 Å². The summed E-state index contributed by atoms with van der Waals surface area (Å²) in [6.07, 6.45) is -0.786. The van der Waals surface area contributed by atoms with Crippen molar-refractivity contribution in [2.45, 2.75) is 63.3 Å². The zero-order valence-electron chi connectivity index (χ0n) is 12.9. The van der Waals surface area contributed by atoms with Crippen LogP contribution in [0.25, 0.3) is 0 Å². The van der Waals surface area contributed by atoms with Crippen molar-refractivity contribution in [2.75, 3.05) is 18.8 Å². The molecule has 0 N–H and O–H groups in total. The Kier molecular flexibility index (Phi) is 7.15. The minimum Gasteiger partial charge on any atom is -0.334 e. The van der Waals surface area contributed by atoms with Crippen LogP contribution in [0.3, 0.4) is 0 Å². The molecular formula is C14H24F3NO3S. The van der Waals surface area contributed by atoms with Gasteiger partial charge in [0.1, 0.15) is 6.54 Å². The fourth-order valence-corrected chi connectivity index (χ4v) is 4.50. The summed E-state index contributed by atoms with van der Waals surface area (Å²) in [5, 5.41) is -0.424. The van der Waals surface area contributed by atoms with E-state index in [4.69, 9.17) is 0 Å². The summed E-state index contributed by atoms with van der Waals surface area (Å²) in [5.41, 5.74) is 0. The normalized spacial score (nSPS) is 16.9. The average molecular weight is 343 g/mol. The van der Waals surface area contributed by atoms with E-state index in [0.717, 1.165) is 17.7 Å². The molecule has 0 aliphatic heterocycles. The van der Waals surface area contributed by atoms with Crippen LogP contribution in [0, 0.1) is 0 Å². The van der Waals surface area contributed by atoms with E-state index in [1.807, 2.05) is 6.92 Å². The van der Waals surface area contributed by atoms with Crippen LogP contribution in [0.4, 0.5) is 13.2 Å². The highest BCUT2D eigenvalue weighted by molar-refractivity contribution is 7.92. The zero-order valence-corrected chi connectivity index (χ0v) is 13.7. The summed E-state index contributed by atoms with van der Waals surface area (Å²) in [6, 6.07) is 0. The van der Waals surface area contributed by atoms with Crippen LogP contribution in [0.1, 0.15) is 51.9 Å². The molecule has 130 valence electrons. The van der Waals surface area contributed by atoms with E-state index in [-0.39, 0.29) is 18.7 Å². The predicted octanol–water partition coefficient (Wildman–Crippen LogP) is 2.92. The second-order valence-electron chi connectivity index (χ2n) is 5.81. The lowest BCUT2D eigenvalue weighted by molar-refractivity contribution is -0.161. The summed E-state index contributed by atoms with van der Waals surface area (Å²) < 4.78 is 61.6. The van der Waals surface area contributed by atoms with E-state index in [9.17, 15) is 26.4 Å². The Labute approximate surface area is 130 Å². The maximum Gasteiger partial charge on any atom is 0.406 e. The lowest BCUT2D eigenvalue weighted by Gasteiger charge is -2.24. The van der Waals surface area contributed by atoms with Gasteiger partial charge in [0.2, 0.25) is 5.91 Å². The van der Waals surface area contributed by atoms with E-state index >= 15 is 0 Å². The molecule has 22 heavy (non-hydrogen) atoms. The third kappa shape index (κ3) is 6.54. The second kappa shape index (κ2) is 8.17. The Morgan fingerprint density at radius 3 is 2.32 bits per heavy atom. The maximum atomic E-state index is 12.5. The van der Waals surface area contributed by atoms with Crippen LogP contribution in [0.5, 0.6) is 0 Å². The number of halogens is 3. The topological polar surface area (TPSA) is 54.5 Å². The van der Waals surface area contributed by atoms with Crippen molar-refractivity contribution < 1.29 is 26.4 Å². The van der Waals surface area contributed by atoms with E-state index < -0.39 is 33.7 Å². The first-order valence-electron chi connectivity index (χ1n) is 7.72. The van der Waals surface area contributed by atoms with Crippen LogP contribution in [-0.4, -0.2) is 49.5 Å². The van der Waals surface area contributed by atoms with Gasteiger partial charge in [0, 0.05) is 13.0 Å². The molecule has 1 amide bonds. The highest BCUT2D eigenvalue weighted by Gasteiger charge is 2.34. The van der Waals surface area contributed by atoms with Gasteiger partial charge in [0.05, 0.1) is 11.0 Å². The van der Waals surface area contributed by atoms with Crippen LogP contribution in [-0.2, 0) is 14.6 Å². The molecule has 1 aliphatic rings. The number of sulfone groups is 1. The largest absolute Gasteiger partial charge is 0.406 e. The Hall–Kier alpha value is -0.790. The molecule has 0 aromatic rings. The molecule has 0 radical (unpaired) electrons. The molecule has 0 saturated heterocycles. The molecule has 0 atom stereocenters. The monoisotopic (exact) mass is 343 g/mol. The molecule has 1 rings (SSSR count). The zero-order chi connectivity index (χ0) is 16.8. The molecule has 0 aromatic heterocycles. The minimum atomic E-state index is -4.46. The molecule has 8 heteroatoms. The number of unbranched alkanes of at least 4 members (excludes halogenated alkanes) is 1. The quantitative estimate of drug-likeness (QED) is 0.681. The van der Waals surface area contributed by atoms with Crippen molar-refractivity contribution in [3.05, 3.63) is 0 Å². The number of hydrogen-bond donors (Lipinski definition) is 0. The highest BCUT2D eigenvalue weighted by Crippen LogP contribution is 2.26. The van der Waals surface area contributed by atoms with Gasteiger partial charge in [-0.2, -0.15) is 13.2 Å². The number of nitrogens with zero attached hydrogens (tertiary/aromatic N) is 1. The average Bonchev–Trinajstić information content (AvgIpc) is 2.94. The van der Waals surface area contributed by atoms with E-state index in [0.29, 0.717) is 25.7 Å². The molecule has 0 aromatic carbocycles. The van der Waals surface area contributed by atoms with E-state index in [1.54, 1.807) is 0 Å². The Balaban J connectivity index is 2.58. The Morgan fingerprint density at radius 1 is 1.23 bits per heavy atom. The highest BCUT2D eigenvalue weighted by atomic mass is 32.2. The smallest absolute Gasteiger partial charge is 0.334 e. The Morgan fingerprint density at radius 2 is 1.82 bits per heavy atom. The molecular weight excluding hydrogens is 319 g/mol. The second-order valence-corrected chi connectivity index (χ2v) is 8.21. The number of carbonyl (C=O) groups is 1. The Bertz CT molecular complexity index is 456. The van der Waals surface area contributed by atoms with Gasteiger partial charge in [-0.15, -0.1) is 0 Å². The fourth-order valence-electron chi connectivity index (χ4n) is 2.66. The lowest BCUT2D eigenvalue weighted by atomic mass is 10.3. The van der Waals surface area contributed by atoms with Gasteiger partial charge in [-0.25, -0.2) is 8.42 Å². The van der Waals surface area contributed by atoms with Gasteiger partial charge in [0.15, 0.2) is 9.84 Å². The first kappa shape index (κ1) is 19.3.